The van der Waals surface area contributed by atoms with Gasteiger partial charge in [0.15, 0.2) is 9.84 Å². The van der Waals surface area contributed by atoms with Gasteiger partial charge in [0.25, 0.3) is 0 Å². The van der Waals surface area contributed by atoms with Crippen LogP contribution >= 0.6 is 23.1 Å². The fourth-order valence-electron chi connectivity index (χ4n) is 2.52. The second kappa shape index (κ2) is 5.61. The normalized spacial score (nSPS) is 22.1. The molecule has 1 saturated heterocycles. The number of hydrogen-bond acceptors (Lipinski definition) is 6. The molecular formula is C13H16N2O2S3. The summed E-state index contributed by atoms with van der Waals surface area (Å²) in [4.78, 5) is 10.9. The Morgan fingerprint density at radius 2 is 2.30 bits per heavy atom. The lowest BCUT2D eigenvalue weighted by Crippen LogP contribution is -2.26. The number of sulfone groups is 1. The van der Waals surface area contributed by atoms with Gasteiger partial charge in [-0.2, -0.15) is 0 Å². The first-order chi connectivity index (χ1) is 9.53. The molecule has 0 aliphatic carbocycles. The predicted octanol–water partition coefficient (Wildman–Crippen LogP) is 2.92. The highest BCUT2D eigenvalue weighted by molar-refractivity contribution is 7.99. The summed E-state index contributed by atoms with van der Waals surface area (Å²) in [6, 6.07) is 2.11. The van der Waals surface area contributed by atoms with E-state index < -0.39 is 9.84 Å². The average Bonchev–Trinajstić information content (AvgIpc) is 2.76. The Labute approximate surface area is 126 Å². The Morgan fingerprint density at radius 1 is 1.45 bits per heavy atom. The van der Waals surface area contributed by atoms with E-state index >= 15 is 0 Å². The van der Waals surface area contributed by atoms with E-state index in [9.17, 15) is 8.42 Å². The zero-order valence-electron chi connectivity index (χ0n) is 11.2. The van der Waals surface area contributed by atoms with Gasteiger partial charge in [0.05, 0.1) is 11.5 Å². The lowest BCUT2D eigenvalue weighted by Gasteiger charge is -2.21. The maximum atomic E-state index is 11.7. The van der Waals surface area contributed by atoms with Gasteiger partial charge in [-0.1, -0.05) is 0 Å². The number of hydrogen-bond donors (Lipinski definition) is 0. The monoisotopic (exact) mass is 328 g/mol. The summed E-state index contributed by atoms with van der Waals surface area (Å²) in [5.74, 6) is 1.76. The fraction of sp³-hybridized carbons (Fsp3) is 0.538. The third-order valence-corrected chi connectivity index (χ3v) is 7.51. The van der Waals surface area contributed by atoms with Gasteiger partial charge in [-0.15, -0.1) is 23.1 Å². The highest BCUT2D eigenvalue weighted by Gasteiger charge is 2.25. The van der Waals surface area contributed by atoms with Gasteiger partial charge < -0.3 is 0 Å². The molecular weight excluding hydrogens is 312 g/mol. The van der Waals surface area contributed by atoms with Crippen LogP contribution in [0.4, 0.5) is 0 Å². The molecule has 1 fully saturated rings. The van der Waals surface area contributed by atoms with Crippen LogP contribution in [0.3, 0.4) is 0 Å². The highest BCUT2D eigenvalue weighted by Crippen LogP contribution is 2.32. The van der Waals surface area contributed by atoms with Crippen molar-refractivity contribution in [1.29, 1.82) is 0 Å². The molecule has 0 saturated carbocycles. The Balaban J connectivity index is 1.74. The molecule has 4 nitrogen and oxygen atoms in total. The molecule has 0 unspecified atom stereocenters. The Hall–Kier alpha value is -0.660. The van der Waals surface area contributed by atoms with Crippen molar-refractivity contribution in [1.82, 2.24) is 9.97 Å². The molecule has 1 atom stereocenters. The molecule has 3 rings (SSSR count). The van der Waals surface area contributed by atoms with Gasteiger partial charge >= 0.3 is 0 Å². The van der Waals surface area contributed by atoms with Crippen LogP contribution in [0.15, 0.2) is 17.4 Å². The van der Waals surface area contributed by atoms with Gasteiger partial charge in [0.1, 0.15) is 16.2 Å². The summed E-state index contributed by atoms with van der Waals surface area (Å²) in [6.07, 6.45) is 3.39. The second-order valence-corrected chi connectivity index (χ2v) is 9.66. The van der Waals surface area contributed by atoms with E-state index in [0.29, 0.717) is 11.5 Å². The van der Waals surface area contributed by atoms with Gasteiger partial charge in [-0.25, -0.2) is 18.4 Å². The molecule has 7 heteroatoms. The maximum absolute atomic E-state index is 11.7. The molecule has 0 spiro atoms. The van der Waals surface area contributed by atoms with E-state index in [2.05, 4.69) is 23.0 Å². The van der Waals surface area contributed by atoms with Crippen molar-refractivity contribution in [3.63, 3.8) is 0 Å². The first-order valence-electron chi connectivity index (χ1n) is 6.58. The quantitative estimate of drug-likeness (QED) is 0.640. The van der Waals surface area contributed by atoms with E-state index in [0.717, 1.165) is 33.8 Å². The number of rotatable bonds is 3. The Kier molecular flexibility index (Phi) is 4.01. The van der Waals surface area contributed by atoms with Crippen molar-refractivity contribution in [3.05, 3.63) is 17.3 Å². The summed E-state index contributed by atoms with van der Waals surface area (Å²) in [6.45, 7) is 2.06. The van der Waals surface area contributed by atoms with Crippen molar-refractivity contribution in [3.8, 4) is 0 Å². The molecule has 0 N–H and O–H groups in total. The minimum atomic E-state index is -2.82. The van der Waals surface area contributed by atoms with E-state index in [1.54, 1.807) is 29.4 Å². The third kappa shape index (κ3) is 3.15. The summed E-state index contributed by atoms with van der Waals surface area (Å²) in [7, 11) is -2.82. The van der Waals surface area contributed by atoms with Crippen molar-refractivity contribution in [2.75, 3.05) is 17.3 Å². The van der Waals surface area contributed by atoms with E-state index in [1.807, 2.05) is 0 Å². The molecule has 20 heavy (non-hydrogen) atoms. The number of thiophene rings is 1. The molecule has 0 radical (unpaired) electrons. The number of fused-ring (bicyclic) bond motifs is 1. The molecule has 0 bridgehead atoms. The topological polar surface area (TPSA) is 59.9 Å². The highest BCUT2D eigenvalue weighted by atomic mass is 32.2. The van der Waals surface area contributed by atoms with Crippen molar-refractivity contribution in [2.45, 2.75) is 24.8 Å². The van der Waals surface area contributed by atoms with Gasteiger partial charge in [0, 0.05) is 16.0 Å². The van der Waals surface area contributed by atoms with Gasteiger partial charge in [-0.05, 0) is 31.7 Å². The second-order valence-electron chi connectivity index (χ2n) is 5.19. The molecule has 2 aromatic rings. The van der Waals surface area contributed by atoms with Crippen LogP contribution in [-0.4, -0.2) is 35.6 Å². The number of nitrogens with zero attached hydrogens (tertiary/aromatic N) is 2. The zero-order valence-corrected chi connectivity index (χ0v) is 13.7. The van der Waals surface area contributed by atoms with Crippen molar-refractivity contribution < 1.29 is 8.42 Å². The van der Waals surface area contributed by atoms with E-state index in [4.69, 9.17) is 0 Å². The lowest BCUT2D eigenvalue weighted by atomic mass is 10.1. The molecule has 108 valence electrons. The van der Waals surface area contributed by atoms with Crippen LogP contribution in [0, 0.1) is 12.8 Å². The average molecular weight is 328 g/mol. The van der Waals surface area contributed by atoms with Crippen LogP contribution in [0.5, 0.6) is 0 Å². The number of thioether (sulfide) groups is 1. The SMILES string of the molecule is Cc1cc2c(SC[C@H]3CCCS(=O)(=O)C3)ncnc2s1. The summed E-state index contributed by atoms with van der Waals surface area (Å²) >= 11 is 3.33. The largest absolute Gasteiger partial charge is 0.229 e. The minimum Gasteiger partial charge on any atom is -0.229 e. The van der Waals surface area contributed by atoms with Gasteiger partial charge in [0.2, 0.25) is 0 Å². The molecule has 1 aliphatic rings. The lowest BCUT2D eigenvalue weighted by molar-refractivity contribution is 0.521. The molecule has 0 amide bonds. The molecule has 3 heterocycles. The molecule has 1 aliphatic heterocycles. The zero-order chi connectivity index (χ0) is 14.2. The van der Waals surface area contributed by atoms with E-state index in [-0.39, 0.29) is 5.92 Å². The number of aromatic nitrogens is 2. The molecule has 0 aromatic carbocycles. The molecule has 2 aromatic heterocycles. The first kappa shape index (κ1) is 14.3. The fourth-order valence-corrected chi connectivity index (χ4v) is 6.46. The summed E-state index contributed by atoms with van der Waals surface area (Å²) in [5, 5.41) is 2.07. The van der Waals surface area contributed by atoms with Crippen LogP contribution in [0.1, 0.15) is 17.7 Å². The standard InChI is InChI=1S/C13H16N2O2S3/c1-9-5-11-12(14-8-15-13(11)19-9)18-6-10-3-2-4-20(16,17)7-10/h5,8,10H,2-4,6-7H2,1H3/t10-/m1/s1. The smallest absolute Gasteiger partial charge is 0.150 e. The predicted molar refractivity (Wildman–Crippen MR) is 84.3 cm³/mol. The third-order valence-electron chi connectivity index (χ3n) is 3.43. The van der Waals surface area contributed by atoms with Gasteiger partial charge in [-0.3, -0.25) is 0 Å². The Morgan fingerprint density at radius 3 is 3.10 bits per heavy atom. The maximum Gasteiger partial charge on any atom is 0.150 e. The summed E-state index contributed by atoms with van der Waals surface area (Å²) in [5.41, 5.74) is 0. The van der Waals surface area contributed by atoms with Crippen LogP contribution in [-0.2, 0) is 9.84 Å². The van der Waals surface area contributed by atoms with Crippen LogP contribution < -0.4 is 0 Å². The minimum absolute atomic E-state index is 0.253. The van der Waals surface area contributed by atoms with Crippen molar-refractivity contribution in [2.24, 2.45) is 5.92 Å². The Bertz CT molecular complexity index is 724. The first-order valence-corrected chi connectivity index (χ1v) is 10.2. The number of aryl methyl sites for hydroxylation is 1. The van der Waals surface area contributed by atoms with Crippen LogP contribution in [0.2, 0.25) is 0 Å². The van der Waals surface area contributed by atoms with Crippen molar-refractivity contribution >= 4 is 43.2 Å². The van der Waals surface area contributed by atoms with E-state index in [1.165, 1.54) is 4.88 Å². The summed E-state index contributed by atoms with van der Waals surface area (Å²) < 4.78 is 23.3. The van der Waals surface area contributed by atoms with Crippen LogP contribution in [0.25, 0.3) is 10.2 Å².